The third-order valence-corrected chi connectivity index (χ3v) is 3.24. The SMILES string of the molecule is CCCC(COC)NC(=O)c1ccc(Br)cc1OC. The Morgan fingerprint density at radius 1 is 1.42 bits per heavy atom. The average molecular weight is 330 g/mol. The van der Waals surface area contributed by atoms with Gasteiger partial charge >= 0.3 is 0 Å². The summed E-state index contributed by atoms with van der Waals surface area (Å²) in [6.45, 7) is 2.59. The minimum Gasteiger partial charge on any atom is -0.496 e. The molecule has 0 spiro atoms. The molecule has 1 N–H and O–H groups in total. The second-order valence-electron chi connectivity index (χ2n) is 4.26. The summed E-state index contributed by atoms with van der Waals surface area (Å²) in [6, 6.07) is 5.37. The molecule has 4 nitrogen and oxygen atoms in total. The summed E-state index contributed by atoms with van der Waals surface area (Å²) in [5.74, 6) is 0.416. The Bertz CT molecular complexity index is 417. The molecule has 0 radical (unpaired) electrons. The predicted octanol–water partition coefficient (Wildman–Crippen LogP) is 3.00. The minimum atomic E-state index is -0.139. The number of benzene rings is 1. The van der Waals surface area contributed by atoms with Gasteiger partial charge in [0.05, 0.1) is 25.3 Å². The standard InChI is InChI=1S/C14H20BrNO3/c1-4-5-11(9-18-2)16-14(17)12-7-6-10(15)8-13(12)19-3/h6-8,11H,4-5,9H2,1-3H3,(H,16,17). The Morgan fingerprint density at radius 2 is 2.16 bits per heavy atom. The maximum atomic E-state index is 12.2. The van der Waals surface area contributed by atoms with Crippen molar-refractivity contribution < 1.29 is 14.3 Å². The van der Waals surface area contributed by atoms with Crippen LogP contribution in [-0.4, -0.2) is 32.8 Å². The lowest BCUT2D eigenvalue weighted by Gasteiger charge is -2.18. The van der Waals surface area contributed by atoms with Gasteiger partial charge in [0.2, 0.25) is 0 Å². The van der Waals surface area contributed by atoms with Crippen LogP contribution in [0, 0.1) is 0 Å². The first-order valence-corrected chi connectivity index (χ1v) is 7.05. The van der Waals surface area contributed by atoms with Crippen LogP contribution in [0.5, 0.6) is 5.75 Å². The largest absolute Gasteiger partial charge is 0.496 e. The number of amides is 1. The molecule has 5 heteroatoms. The van der Waals surface area contributed by atoms with E-state index >= 15 is 0 Å². The molecular formula is C14H20BrNO3. The van der Waals surface area contributed by atoms with Gasteiger partial charge in [-0.2, -0.15) is 0 Å². The van der Waals surface area contributed by atoms with Crippen LogP contribution in [-0.2, 0) is 4.74 Å². The molecule has 0 aliphatic rings. The molecule has 0 fully saturated rings. The molecule has 19 heavy (non-hydrogen) atoms. The van der Waals surface area contributed by atoms with E-state index in [0.717, 1.165) is 17.3 Å². The molecule has 0 bridgehead atoms. The zero-order valence-electron chi connectivity index (χ0n) is 11.5. The molecule has 0 aliphatic carbocycles. The van der Waals surface area contributed by atoms with E-state index in [1.807, 2.05) is 6.07 Å². The Labute approximate surface area is 122 Å². The van der Waals surface area contributed by atoms with Crippen molar-refractivity contribution in [2.45, 2.75) is 25.8 Å². The van der Waals surface area contributed by atoms with Crippen molar-refractivity contribution in [2.24, 2.45) is 0 Å². The Balaban J connectivity index is 2.81. The highest BCUT2D eigenvalue weighted by Crippen LogP contribution is 2.23. The highest BCUT2D eigenvalue weighted by molar-refractivity contribution is 9.10. The third-order valence-electron chi connectivity index (χ3n) is 2.75. The number of hydrogen-bond acceptors (Lipinski definition) is 3. The van der Waals surface area contributed by atoms with E-state index in [-0.39, 0.29) is 11.9 Å². The minimum absolute atomic E-state index is 0.0239. The summed E-state index contributed by atoms with van der Waals surface area (Å²) in [6.07, 6.45) is 1.88. The lowest BCUT2D eigenvalue weighted by Crippen LogP contribution is -2.38. The first-order valence-electron chi connectivity index (χ1n) is 6.25. The highest BCUT2D eigenvalue weighted by Gasteiger charge is 2.16. The fourth-order valence-corrected chi connectivity index (χ4v) is 2.20. The first-order chi connectivity index (χ1) is 9.12. The number of halogens is 1. The summed E-state index contributed by atoms with van der Waals surface area (Å²) < 4.78 is 11.2. The molecule has 1 aromatic carbocycles. The van der Waals surface area contributed by atoms with Crippen molar-refractivity contribution in [2.75, 3.05) is 20.8 Å². The number of ether oxygens (including phenoxy) is 2. The zero-order chi connectivity index (χ0) is 14.3. The summed E-state index contributed by atoms with van der Waals surface area (Å²) >= 11 is 3.36. The van der Waals surface area contributed by atoms with Crippen molar-refractivity contribution in [3.8, 4) is 5.75 Å². The summed E-state index contributed by atoms with van der Waals surface area (Å²) in [7, 11) is 3.19. The summed E-state index contributed by atoms with van der Waals surface area (Å²) in [4.78, 5) is 12.2. The van der Waals surface area contributed by atoms with Gasteiger partial charge in [-0.05, 0) is 24.6 Å². The Morgan fingerprint density at radius 3 is 2.74 bits per heavy atom. The quantitative estimate of drug-likeness (QED) is 0.836. The molecule has 1 unspecified atom stereocenters. The molecule has 0 aliphatic heterocycles. The van der Waals surface area contributed by atoms with Crippen LogP contribution in [0.25, 0.3) is 0 Å². The highest BCUT2D eigenvalue weighted by atomic mass is 79.9. The van der Waals surface area contributed by atoms with Gasteiger partial charge in [-0.15, -0.1) is 0 Å². The monoisotopic (exact) mass is 329 g/mol. The normalized spacial score (nSPS) is 12.0. The van der Waals surface area contributed by atoms with Crippen LogP contribution in [0.15, 0.2) is 22.7 Å². The summed E-state index contributed by atoms with van der Waals surface area (Å²) in [5, 5.41) is 2.97. The van der Waals surface area contributed by atoms with E-state index < -0.39 is 0 Å². The lowest BCUT2D eigenvalue weighted by atomic mass is 10.1. The van der Waals surface area contributed by atoms with E-state index in [1.54, 1.807) is 26.4 Å². The maximum Gasteiger partial charge on any atom is 0.255 e. The molecule has 106 valence electrons. The Hall–Kier alpha value is -1.07. The van der Waals surface area contributed by atoms with Crippen molar-refractivity contribution in [1.29, 1.82) is 0 Å². The molecule has 0 saturated heterocycles. The van der Waals surface area contributed by atoms with Gasteiger partial charge in [0.25, 0.3) is 5.91 Å². The molecule has 1 atom stereocenters. The maximum absolute atomic E-state index is 12.2. The fraction of sp³-hybridized carbons (Fsp3) is 0.500. The predicted molar refractivity (Wildman–Crippen MR) is 78.7 cm³/mol. The number of carbonyl (C=O) groups excluding carboxylic acids is 1. The van der Waals surface area contributed by atoms with Gasteiger partial charge in [-0.25, -0.2) is 0 Å². The molecule has 0 heterocycles. The Kier molecular flexibility index (Phi) is 6.87. The zero-order valence-corrected chi connectivity index (χ0v) is 13.1. The van der Waals surface area contributed by atoms with E-state index in [9.17, 15) is 4.79 Å². The van der Waals surface area contributed by atoms with E-state index in [4.69, 9.17) is 9.47 Å². The smallest absolute Gasteiger partial charge is 0.255 e. The van der Waals surface area contributed by atoms with Gasteiger partial charge in [0, 0.05) is 11.6 Å². The molecule has 1 aromatic rings. The van der Waals surface area contributed by atoms with Gasteiger partial charge < -0.3 is 14.8 Å². The van der Waals surface area contributed by atoms with Crippen LogP contribution >= 0.6 is 15.9 Å². The third kappa shape index (κ3) is 4.84. The van der Waals surface area contributed by atoms with Gasteiger partial charge in [-0.3, -0.25) is 4.79 Å². The van der Waals surface area contributed by atoms with Crippen molar-refractivity contribution in [3.05, 3.63) is 28.2 Å². The number of methoxy groups -OCH3 is 2. The van der Waals surface area contributed by atoms with Gasteiger partial charge in [0.1, 0.15) is 5.75 Å². The van der Waals surface area contributed by atoms with Crippen LogP contribution in [0.2, 0.25) is 0 Å². The van der Waals surface area contributed by atoms with Crippen molar-refractivity contribution in [3.63, 3.8) is 0 Å². The van der Waals surface area contributed by atoms with E-state index in [1.165, 1.54) is 0 Å². The van der Waals surface area contributed by atoms with Crippen LogP contribution in [0.4, 0.5) is 0 Å². The molecule has 1 rings (SSSR count). The van der Waals surface area contributed by atoms with Gasteiger partial charge in [-0.1, -0.05) is 29.3 Å². The molecule has 1 amide bonds. The molecule has 0 aromatic heterocycles. The second-order valence-corrected chi connectivity index (χ2v) is 5.17. The lowest BCUT2D eigenvalue weighted by molar-refractivity contribution is 0.0888. The van der Waals surface area contributed by atoms with Crippen molar-refractivity contribution >= 4 is 21.8 Å². The van der Waals surface area contributed by atoms with Crippen LogP contribution in [0.1, 0.15) is 30.1 Å². The number of rotatable bonds is 7. The number of nitrogens with one attached hydrogen (secondary N) is 1. The van der Waals surface area contributed by atoms with Crippen molar-refractivity contribution in [1.82, 2.24) is 5.32 Å². The average Bonchev–Trinajstić information content (AvgIpc) is 2.38. The fourth-order valence-electron chi connectivity index (χ4n) is 1.86. The van der Waals surface area contributed by atoms with E-state index in [0.29, 0.717) is 17.9 Å². The van der Waals surface area contributed by atoms with Crippen LogP contribution in [0.3, 0.4) is 0 Å². The second kappa shape index (κ2) is 8.17. The van der Waals surface area contributed by atoms with E-state index in [2.05, 4.69) is 28.2 Å². The number of hydrogen-bond donors (Lipinski definition) is 1. The first kappa shape index (κ1) is 16.0. The number of carbonyl (C=O) groups is 1. The van der Waals surface area contributed by atoms with Gasteiger partial charge in [0.15, 0.2) is 0 Å². The van der Waals surface area contributed by atoms with Crippen LogP contribution < -0.4 is 10.1 Å². The summed E-state index contributed by atoms with van der Waals surface area (Å²) in [5.41, 5.74) is 0.530. The topological polar surface area (TPSA) is 47.6 Å². The molecular weight excluding hydrogens is 310 g/mol. The molecule has 0 saturated carbocycles.